The minimum absolute atomic E-state index is 0.492. The van der Waals surface area contributed by atoms with Gasteiger partial charge in [0.05, 0.1) is 18.3 Å². The molecule has 0 spiro atoms. The fourth-order valence-corrected chi connectivity index (χ4v) is 3.19. The van der Waals surface area contributed by atoms with Gasteiger partial charge in [-0.2, -0.15) is 4.98 Å². The predicted molar refractivity (Wildman–Crippen MR) is 109 cm³/mol. The molecule has 2 N–H and O–H groups in total. The second kappa shape index (κ2) is 7.86. The van der Waals surface area contributed by atoms with E-state index in [1.165, 1.54) is 0 Å². The highest BCUT2D eigenvalue weighted by molar-refractivity contribution is 6.35. The van der Waals surface area contributed by atoms with Crippen LogP contribution in [0.5, 0.6) is 0 Å². The highest BCUT2D eigenvalue weighted by atomic mass is 35.5. The molecule has 136 valence electrons. The third kappa shape index (κ3) is 4.15. The third-order valence-electron chi connectivity index (χ3n) is 4.07. The summed E-state index contributed by atoms with van der Waals surface area (Å²) in [6, 6.07) is 17.0. The van der Waals surface area contributed by atoms with Gasteiger partial charge in [0.25, 0.3) is 0 Å². The van der Waals surface area contributed by atoms with E-state index >= 15 is 0 Å². The molecule has 4 aromatic rings. The van der Waals surface area contributed by atoms with Crippen LogP contribution < -0.4 is 10.6 Å². The lowest BCUT2D eigenvalue weighted by atomic mass is 10.2. The summed E-state index contributed by atoms with van der Waals surface area (Å²) < 4.78 is 5.38. The second-order valence-electron chi connectivity index (χ2n) is 5.94. The predicted octanol–water partition coefficient (Wildman–Crippen LogP) is 5.75. The summed E-state index contributed by atoms with van der Waals surface area (Å²) in [7, 11) is 0. The zero-order chi connectivity index (χ0) is 18.6. The van der Waals surface area contributed by atoms with Gasteiger partial charge in [-0.05, 0) is 42.0 Å². The van der Waals surface area contributed by atoms with Crippen molar-refractivity contribution in [3.8, 4) is 0 Å². The first-order valence-electron chi connectivity index (χ1n) is 8.40. The van der Waals surface area contributed by atoms with Crippen molar-refractivity contribution in [2.45, 2.75) is 13.1 Å². The average molecular weight is 399 g/mol. The quantitative estimate of drug-likeness (QED) is 0.432. The highest BCUT2D eigenvalue weighted by Crippen LogP contribution is 2.24. The molecule has 27 heavy (non-hydrogen) atoms. The number of benzene rings is 2. The van der Waals surface area contributed by atoms with Gasteiger partial charge in [0.2, 0.25) is 5.95 Å². The second-order valence-corrected chi connectivity index (χ2v) is 6.78. The standard InChI is InChI=1S/C20H16Cl2N4O/c21-14-8-7-13(17(22)10-14)11-24-20-25-18-6-2-1-5-16(18)19(26-20)23-12-15-4-3-9-27-15/h1-10H,11-12H2,(H2,23,24,25,26). The van der Waals surface area contributed by atoms with E-state index in [9.17, 15) is 0 Å². The molecule has 0 atom stereocenters. The van der Waals surface area contributed by atoms with Gasteiger partial charge >= 0.3 is 0 Å². The molecule has 2 aromatic carbocycles. The Hall–Kier alpha value is -2.76. The van der Waals surface area contributed by atoms with Gasteiger partial charge in [-0.15, -0.1) is 0 Å². The average Bonchev–Trinajstić information content (AvgIpc) is 3.19. The van der Waals surface area contributed by atoms with Crippen LogP contribution in [0.4, 0.5) is 11.8 Å². The lowest BCUT2D eigenvalue weighted by Crippen LogP contribution is -2.08. The zero-order valence-corrected chi connectivity index (χ0v) is 15.8. The van der Waals surface area contributed by atoms with E-state index in [1.54, 1.807) is 12.3 Å². The Morgan fingerprint density at radius 1 is 0.889 bits per heavy atom. The maximum absolute atomic E-state index is 6.24. The van der Waals surface area contributed by atoms with E-state index in [0.717, 1.165) is 28.0 Å². The molecule has 0 radical (unpaired) electrons. The van der Waals surface area contributed by atoms with Crippen molar-refractivity contribution in [2.24, 2.45) is 0 Å². The Morgan fingerprint density at radius 2 is 1.78 bits per heavy atom. The number of nitrogens with one attached hydrogen (secondary N) is 2. The maximum atomic E-state index is 6.24. The molecular formula is C20H16Cl2N4O. The molecule has 0 unspecified atom stereocenters. The summed E-state index contributed by atoms with van der Waals surface area (Å²) in [6.45, 7) is 1.03. The van der Waals surface area contributed by atoms with Crippen molar-refractivity contribution >= 4 is 45.9 Å². The first-order valence-corrected chi connectivity index (χ1v) is 9.15. The fraction of sp³-hybridized carbons (Fsp3) is 0.100. The van der Waals surface area contributed by atoms with Crippen LogP contribution in [0.2, 0.25) is 10.0 Å². The minimum Gasteiger partial charge on any atom is -0.467 e. The number of anilines is 2. The normalized spacial score (nSPS) is 10.9. The Bertz CT molecular complexity index is 1070. The van der Waals surface area contributed by atoms with Crippen LogP contribution >= 0.6 is 23.2 Å². The van der Waals surface area contributed by atoms with Crippen LogP contribution in [0.3, 0.4) is 0 Å². The van der Waals surface area contributed by atoms with Gasteiger partial charge in [0.1, 0.15) is 11.6 Å². The number of para-hydroxylation sites is 1. The summed E-state index contributed by atoms with van der Waals surface area (Å²) in [4.78, 5) is 9.21. The van der Waals surface area contributed by atoms with Gasteiger partial charge in [-0.3, -0.25) is 0 Å². The number of hydrogen-bond acceptors (Lipinski definition) is 5. The topological polar surface area (TPSA) is 63.0 Å². The van der Waals surface area contributed by atoms with Gasteiger partial charge < -0.3 is 15.1 Å². The summed E-state index contributed by atoms with van der Waals surface area (Å²) in [5, 5.41) is 8.71. The van der Waals surface area contributed by atoms with Crippen molar-refractivity contribution in [3.05, 3.63) is 82.2 Å². The molecule has 7 heteroatoms. The van der Waals surface area contributed by atoms with Crippen LogP contribution in [0.25, 0.3) is 10.9 Å². The lowest BCUT2D eigenvalue weighted by Gasteiger charge is -2.12. The Labute approximate surface area is 166 Å². The van der Waals surface area contributed by atoms with Crippen molar-refractivity contribution in [1.82, 2.24) is 9.97 Å². The molecule has 0 amide bonds. The summed E-state index contributed by atoms with van der Waals surface area (Å²) in [5.74, 6) is 2.09. The first kappa shape index (κ1) is 17.6. The van der Waals surface area contributed by atoms with E-state index in [-0.39, 0.29) is 0 Å². The molecule has 0 saturated carbocycles. The molecule has 0 bridgehead atoms. The van der Waals surface area contributed by atoms with Crippen molar-refractivity contribution in [2.75, 3.05) is 10.6 Å². The largest absolute Gasteiger partial charge is 0.467 e. The van der Waals surface area contributed by atoms with E-state index in [0.29, 0.717) is 29.1 Å². The molecule has 0 aliphatic rings. The van der Waals surface area contributed by atoms with Gasteiger partial charge in [-0.1, -0.05) is 41.4 Å². The Morgan fingerprint density at radius 3 is 2.59 bits per heavy atom. The zero-order valence-electron chi connectivity index (χ0n) is 14.2. The van der Waals surface area contributed by atoms with Crippen LogP contribution in [-0.4, -0.2) is 9.97 Å². The maximum Gasteiger partial charge on any atom is 0.225 e. The first-order chi connectivity index (χ1) is 13.2. The third-order valence-corrected chi connectivity index (χ3v) is 4.65. The number of furan rings is 1. The molecule has 2 heterocycles. The van der Waals surface area contributed by atoms with Crippen molar-refractivity contribution < 1.29 is 4.42 Å². The molecule has 2 aromatic heterocycles. The van der Waals surface area contributed by atoms with Crippen molar-refractivity contribution in [3.63, 3.8) is 0 Å². The number of halogens is 2. The molecule has 5 nitrogen and oxygen atoms in total. The molecule has 4 rings (SSSR count). The van der Waals surface area contributed by atoms with E-state index in [2.05, 4.69) is 20.6 Å². The number of nitrogens with zero attached hydrogens (tertiary/aromatic N) is 2. The summed E-state index contributed by atoms with van der Waals surface area (Å²) in [5.41, 5.74) is 1.77. The summed E-state index contributed by atoms with van der Waals surface area (Å²) in [6.07, 6.45) is 1.65. The van der Waals surface area contributed by atoms with E-state index in [4.69, 9.17) is 27.6 Å². The highest BCUT2D eigenvalue weighted by Gasteiger charge is 2.09. The summed E-state index contributed by atoms with van der Waals surface area (Å²) >= 11 is 12.2. The molecular weight excluding hydrogens is 383 g/mol. The Balaban J connectivity index is 1.58. The Kier molecular flexibility index (Phi) is 5.14. The molecule has 0 saturated heterocycles. The monoisotopic (exact) mass is 398 g/mol. The van der Waals surface area contributed by atoms with Crippen LogP contribution in [0.1, 0.15) is 11.3 Å². The lowest BCUT2D eigenvalue weighted by molar-refractivity contribution is 0.518. The van der Waals surface area contributed by atoms with E-state index < -0.39 is 0 Å². The number of hydrogen-bond donors (Lipinski definition) is 2. The SMILES string of the molecule is Clc1ccc(CNc2nc(NCc3ccco3)c3ccccc3n2)c(Cl)c1. The fourth-order valence-electron chi connectivity index (χ4n) is 2.71. The van der Waals surface area contributed by atoms with Crippen LogP contribution in [0.15, 0.2) is 65.3 Å². The minimum atomic E-state index is 0.492. The van der Waals surface area contributed by atoms with E-state index in [1.807, 2.05) is 48.5 Å². The van der Waals surface area contributed by atoms with Crippen LogP contribution in [0, 0.1) is 0 Å². The molecule has 0 aliphatic carbocycles. The van der Waals surface area contributed by atoms with Gasteiger partial charge in [0, 0.05) is 22.0 Å². The van der Waals surface area contributed by atoms with Gasteiger partial charge in [0.15, 0.2) is 0 Å². The number of fused-ring (bicyclic) bond motifs is 1. The molecule has 0 fully saturated rings. The van der Waals surface area contributed by atoms with Crippen molar-refractivity contribution in [1.29, 1.82) is 0 Å². The van der Waals surface area contributed by atoms with Gasteiger partial charge in [-0.25, -0.2) is 4.98 Å². The number of aromatic nitrogens is 2. The van der Waals surface area contributed by atoms with Crippen LogP contribution in [-0.2, 0) is 13.1 Å². The number of rotatable bonds is 6. The smallest absolute Gasteiger partial charge is 0.225 e. The molecule has 0 aliphatic heterocycles.